The number of aromatic nitrogens is 3. The topological polar surface area (TPSA) is 69.2 Å². The third-order valence-electron chi connectivity index (χ3n) is 2.72. The predicted octanol–water partition coefficient (Wildman–Crippen LogP) is 1.35. The Hall–Kier alpha value is -1.18. The van der Waals surface area contributed by atoms with E-state index in [1.165, 1.54) is 0 Å². The zero-order valence-electron chi connectivity index (χ0n) is 11.1. The molecule has 6 nitrogen and oxygen atoms in total. The number of fused-ring (bicyclic) bond motifs is 1. The Morgan fingerprint density at radius 2 is 2.21 bits per heavy atom. The number of nitrogens with two attached hydrogens (primary N) is 1. The van der Waals surface area contributed by atoms with Crippen LogP contribution in [0.1, 0.15) is 0 Å². The van der Waals surface area contributed by atoms with E-state index in [-0.39, 0.29) is 0 Å². The molecule has 0 bridgehead atoms. The second-order valence-corrected chi connectivity index (χ2v) is 5.45. The van der Waals surface area contributed by atoms with Gasteiger partial charge in [0.1, 0.15) is 5.52 Å². The molecule has 0 saturated heterocycles. The number of hydrogen-bond donors (Lipinski definition) is 1. The number of hydrogen-bond acceptors (Lipinski definition) is 5. The molecule has 104 valence electrons. The summed E-state index contributed by atoms with van der Waals surface area (Å²) in [5, 5.41) is 0. The first-order valence-corrected chi connectivity index (χ1v) is 6.87. The lowest BCUT2D eigenvalue weighted by Gasteiger charge is -2.10. The van der Waals surface area contributed by atoms with Gasteiger partial charge in [-0.25, -0.2) is 9.97 Å². The highest BCUT2D eigenvalue weighted by Crippen LogP contribution is 2.19. The Balaban J connectivity index is 1.98. The van der Waals surface area contributed by atoms with Crippen LogP contribution in [0.4, 0.5) is 5.95 Å². The molecule has 0 aromatic carbocycles. The Labute approximate surface area is 120 Å². The molecule has 0 radical (unpaired) electrons. The van der Waals surface area contributed by atoms with Gasteiger partial charge in [0.15, 0.2) is 5.65 Å². The lowest BCUT2D eigenvalue weighted by Crippen LogP contribution is -2.19. The molecule has 2 heterocycles. The molecule has 2 aromatic rings. The van der Waals surface area contributed by atoms with Crippen LogP contribution in [0.5, 0.6) is 0 Å². The summed E-state index contributed by atoms with van der Waals surface area (Å²) in [6.45, 7) is 2.87. The first-order valence-electron chi connectivity index (χ1n) is 6.07. The van der Waals surface area contributed by atoms with Gasteiger partial charge in [0.05, 0.1) is 19.8 Å². The molecule has 0 aliphatic rings. The van der Waals surface area contributed by atoms with Crippen molar-refractivity contribution in [3.63, 3.8) is 0 Å². The minimum Gasteiger partial charge on any atom is -0.378 e. The summed E-state index contributed by atoms with van der Waals surface area (Å²) in [5.74, 6) is 0.469. The fourth-order valence-corrected chi connectivity index (χ4v) is 2.05. The van der Waals surface area contributed by atoms with Gasteiger partial charge in [0.25, 0.3) is 0 Å². The fraction of sp³-hybridized carbons (Fsp3) is 0.500. The van der Waals surface area contributed by atoms with Crippen molar-refractivity contribution in [1.82, 2.24) is 19.4 Å². The maximum Gasteiger partial charge on any atom is 0.202 e. The van der Waals surface area contributed by atoms with Crippen molar-refractivity contribution in [2.24, 2.45) is 0 Å². The standard InChI is InChI=1S/C12H18BrN5O/c1-17(2)3-5-19-6-4-18-11-10(16-12(18)14)7-9(13)8-15-11/h7-8H,3-6H2,1-2H3,(H2,14,16). The molecule has 2 aromatic heterocycles. The van der Waals surface area contributed by atoms with Gasteiger partial charge in [-0.3, -0.25) is 4.57 Å². The van der Waals surface area contributed by atoms with Crippen LogP contribution in [0.2, 0.25) is 0 Å². The van der Waals surface area contributed by atoms with Crippen LogP contribution in [0, 0.1) is 0 Å². The van der Waals surface area contributed by atoms with Gasteiger partial charge in [-0.2, -0.15) is 0 Å². The molecule has 0 aliphatic heterocycles. The second-order valence-electron chi connectivity index (χ2n) is 4.53. The van der Waals surface area contributed by atoms with Crippen LogP contribution < -0.4 is 5.73 Å². The summed E-state index contributed by atoms with van der Waals surface area (Å²) in [7, 11) is 4.04. The van der Waals surface area contributed by atoms with Crippen LogP contribution in [-0.2, 0) is 11.3 Å². The molecule has 2 N–H and O–H groups in total. The van der Waals surface area contributed by atoms with Crippen LogP contribution in [0.15, 0.2) is 16.7 Å². The average molecular weight is 328 g/mol. The highest BCUT2D eigenvalue weighted by molar-refractivity contribution is 9.10. The van der Waals surface area contributed by atoms with E-state index < -0.39 is 0 Å². The molecule has 0 atom stereocenters. The van der Waals surface area contributed by atoms with Gasteiger partial charge in [0, 0.05) is 17.2 Å². The number of nitrogens with zero attached hydrogens (tertiary/aromatic N) is 4. The van der Waals surface area contributed by atoms with Crippen molar-refractivity contribution < 1.29 is 4.74 Å². The van der Waals surface area contributed by atoms with E-state index in [0.717, 1.165) is 22.2 Å². The molecule has 0 spiro atoms. The van der Waals surface area contributed by atoms with E-state index in [1.54, 1.807) is 6.20 Å². The number of anilines is 1. The third kappa shape index (κ3) is 3.65. The van der Waals surface area contributed by atoms with E-state index in [0.29, 0.717) is 25.7 Å². The SMILES string of the molecule is CN(C)CCOCCn1c(N)nc2cc(Br)cnc21. The molecule has 0 amide bonds. The van der Waals surface area contributed by atoms with Crippen LogP contribution in [0.3, 0.4) is 0 Å². The van der Waals surface area contributed by atoms with E-state index in [2.05, 4.69) is 30.8 Å². The van der Waals surface area contributed by atoms with Crippen molar-refractivity contribution in [3.8, 4) is 0 Å². The summed E-state index contributed by atoms with van der Waals surface area (Å²) in [6, 6.07) is 1.90. The monoisotopic (exact) mass is 327 g/mol. The van der Waals surface area contributed by atoms with E-state index >= 15 is 0 Å². The number of rotatable bonds is 6. The number of likely N-dealkylation sites (N-methyl/N-ethyl adjacent to an activating group) is 1. The summed E-state index contributed by atoms with van der Waals surface area (Å²) < 4.78 is 8.33. The molecule has 0 fully saturated rings. The second kappa shape index (κ2) is 6.31. The molecule has 2 rings (SSSR count). The third-order valence-corrected chi connectivity index (χ3v) is 3.16. The molecule has 0 aliphatic carbocycles. The minimum absolute atomic E-state index is 0.469. The van der Waals surface area contributed by atoms with Crippen molar-refractivity contribution >= 4 is 33.0 Å². The summed E-state index contributed by atoms with van der Waals surface area (Å²) in [5.41, 5.74) is 7.48. The Morgan fingerprint density at radius 3 is 2.95 bits per heavy atom. The molecule has 19 heavy (non-hydrogen) atoms. The van der Waals surface area contributed by atoms with Gasteiger partial charge >= 0.3 is 0 Å². The average Bonchev–Trinajstić information content (AvgIpc) is 2.64. The number of imidazole rings is 1. The van der Waals surface area contributed by atoms with E-state index in [1.807, 2.05) is 24.7 Å². The maximum atomic E-state index is 5.90. The molecular weight excluding hydrogens is 310 g/mol. The lowest BCUT2D eigenvalue weighted by atomic mass is 10.4. The number of halogens is 1. The summed E-state index contributed by atoms with van der Waals surface area (Å²) in [6.07, 6.45) is 1.74. The Kier molecular flexibility index (Phi) is 4.73. The molecule has 0 unspecified atom stereocenters. The number of pyridine rings is 1. The minimum atomic E-state index is 0.469. The number of ether oxygens (including phenoxy) is 1. The molecule has 7 heteroatoms. The Morgan fingerprint density at radius 1 is 1.42 bits per heavy atom. The lowest BCUT2D eigenvalue weighted by molar-refractivity contribution is 0.112. The first kappa shape index (κ1) is 14.2. The van der Waals surface area contributed by atoms with Crippen LogP contribution in [-0.4, -0.2) is 53.3 Å². The quantitative estimate of drug-likeness (QED) is 0.811. The van der Waals surface area contributed by atoms with Gasteiger partial charge in [-0.15, -0.1) is 0 Å². The maximum absolute atomic E-state index is 5.90. The van der Waals surface area contributed by atoms with Crippen LogP contribution in [0.25, 0.3) is 11.2 Å². The fourth-order valence-electron chi connectivity index (χ4n) is 1.73. The van der Waals surface area contributed by atoms with E-state index in [4.69, 9.17) is 10.5 Å². The van der Waals surface area contributed by atoms with Crippen molar-refractivity contribution in [2.45, 2.75) is 6.54 Å². The van der Waals surface area contributed by atoms with E-state index in [9.17, 15) is 0 Å². The van der Waals surface area contributed by atoms with Gasteiger partial charge in [-0.1, -0.05) is 0 Å². The summed E-state index contributed by atoms with van der Waals surface area (Å²) >= 11 is 3.37. The Bertz CT molecular complexity index is 554. The van der Waals surface area contributed by atoms with Crippen molar-refractivity contribution in [1.29, 1.82) is 0 Å². The largest absolute Gasteiger partial charge is 0.378 e. The predicted molar refractivity (Wildman–Crippen MR) is 79.0 cm³/mol. The highest BCUT2D eigenvalue weighted by Gasteiger charge is 2.09. The zero-order valence-corrected chi connectivity index (χ0v) is 12.7. The van der Waals surface area contributed by atoms with Gasteiger partial charge < -0.3 is 15.4 Å². The zero-order chi connectivity index (χ0) is 13.8. The van der Waals surface area contributed by atoms with Crippen molar-refractivity contribution in [2.75, 3.05) is 39.6 Å². The van der Waals surface area contributed by atoms with Gasteiger partial charge in [-0.05, 0) is 36.1 Å². The summed E-state index contributed by atoms with van der Waals surface area (Å²) in [4.78, 5) is 10.7. The first-order chi connectivity index (χ1) is 9.08. The highest BCUT2D eigenvalue weighted by atomic mass is 79.9. The van der Waals surface area contributed by atoms with Crippen LogP contribution >= 0.6 is 15.9 Å². The smallest absolute Gasteiger partial charge is 0.202 e. The normalized spacial score (nSPS) is 11.6. The number of nitrogen functional groups attached to an aromatic ring is 1. The van der Waals surface area contributed by atoms with Gasteiger partial charge in [0.2, 0.25) is 5.95 Å². The van der Waals surface area contributed by atoms with Crippen molar-refractivity contribution in [3.05, 3.63) is 16.7 Å². The molecule has 0 saturated carbocycles. The molecular formula is C12H18BrN5O.